The summed E-state index contributed by atoms with van der Waals surface area (Å²) in [6.45, 7) is 7.18. The van der Waals surface area contributed by atoms with E-state index in [2.05, 4.69) is 10.2 Å². The van der Waals surface area contributed by atoms with E-state index in [1.165, 1.54) is 32.4 Å². The van der Waals surface area contributed by atoms with E-state index >= 15 is 0 Å². The molecule has 2 atom stereocenters. The summed E-state index contributed by atoms with van der Waals surface area (Å²) in [5, 5.41) is 3.29. The largest absolute Gasteiger partial charge is 0.340 e. The molecule has 2 aliphatic heterocycles. The molecule has 1 saturated carbocycles. The van der Waals surface area contributed by atoms with E-state index in [-0.39, 0.29) is 0 Å². The van der Waals surface area contributed by atoms with Crippen molar-refractivity contribution in [3.63, 3.8) is 0 Å². The van der Waals surface area contributed by atoms with Gasteiger partial charge in [0.25, 0.3) is 0 Å². The van der Waals surface area contributed by atoms with E-state index in [1.54, 1.807) is 0 Å². The van der Waals surface area contributed by atoms with Gasteiger partial charge in [0.2, 0.25) is 5.91 Å². The molecular weight excluding hydrogens is 226 g/mol. The van der Waals surface area contributed by atoms with Crippen molar-refractivity contribution in [2.24, 2.45) is 11.8 Å². The van der Waals surface area contributed by atoms with Gasteiger partial charge < -0.3 is 15.1 Å². The van der Waals surface area contributed by atoms with Gasteiger partial charge in [-0.05, 0) is 24.7 Å². The standard InChI is InChI=1S/C14H25N3O/c18-14(17-8-5-15-6-9-17)4-7-16-10-12-2-1-3-13(12)11-16/h12-13,15H,1-11H2. The quantitative estimate of drug-likeness (QED) is 0.795. The summed E-state index contributed by atoms with van der Waals surface area (Å²) in [7, 11) is 0. The van der Waals surface area contributed by atoms with Crippen LogP contribution in [0.3, 0.4) is 0 Å². The van der Waals surface area contributed by atoms with Crippen LogP contribution in [0.5, 0.6) is 0 Å². The van der Waals surface area contributed by atoms with Crippen LogP contribution < -0.4 is 5.32 Å². The lowest BCUT2D eigenvalue weighted by molar-refractivity contribution is -0.132. The van der Waals surface area contributed by atoms with Crippen molar-refractivity contribution in [3.8, 4) is 0 Å². The maximum absolute atomic E-state index is 12.1. The first-order valence-corrected chi connectivity index (χ1v) is 7.54. The minimum atomic E-state index is 0.355. The van der Waals surface area contributed by atoms with E-state index in [9.17, 15) is 4.79 Å². The van der Waals surface area contributed by atoms with Gasteiger partial charge in [0.05, 0.1) is 0 Å². The molecule has 3 aliphatic rings. The highest BCUT2D eigenvalue weighted by Crippen LogP contribution is 2.37. The number of hydrogen-bond donors (Lipinski definition) is 1. The first-order valence-electron chi connectivity index (χ1n) is 7.54. The third kappa shape index (κ3) is 2.69. The van der Waals surface area contributed by atoms with Gasteiger partial charge in [-0.3, -0.25) is 4.79 Å². The maximum Gasteiger partial charge on any atom is 0.223 e. The Morgan fingerprint density at radius 1 is 1.11 bits per heavy atom. The fourth-order valence-corrected chi connectivity index (χ4v) is 3.84. The molecule has 3 rings (SSSR count). The van der Waals surface area contributed by atoms with Crippen molar-refractivity contribution in [2.75, 3.05) is 45.8 Å². The van der Waals surface area contributed by atoms with E-state index < -0.39 is 0 Å². The Morgan fingerprint density at radius 3 is 2.44 bits per heavy atom. The highest BCUT2D eigenvalue weighted by molar-refractivity contribution is 5.76. The van der Waals surface area contributed by atoms with Gasteiger partial charge in [-0.2, -0.15) is 0 Å². The second kappa shape index (κ2) is 5.57. The Balaban J connectivity index is 1.40. The molecule has 1 aliphatic carbocycles. The molecule has 0 radical (unpaired) electrons. The number of carbonyl (C=O) groups is 1. The predicted octanol–water partition coefficient (Wildman–Crippen LogP) is 0.540. The van der Waals surface area contributed by atoms with E-state index in [1.807, 2.05) is 4.90 Å². The molecule has 0 aromatic rings. The van der Waals surface area contributed by atoms with Crippen molar-refractivity contribution in [3.05, 3.63) is 0 Å². The smallest absolute Gasteiger partial charge is 0.223 e. The number of nitrogens with zero attached hydrogens (tertiary/aromatic N) is 2. The molecule has 2 heterocycles. The number of hydrogen-bond acceptors (Lipinski definition) is 3. The van der Waals surface area contributed by atoms with Gasteiger partial charge in [-0.25, -0.2) is 0 Å². The van der Waals surface area contributed by atoms with Gasteiger partial charge in [0, 0.05) is 52.2 Å². The number of piperazine rings is 1. The van der Waals surface area contributed by atoms with Gasteiger partial charge in [0.15, 0.2) is 0 Å². The van der Waals surface area contributed by atoms with Crippen LogP contribution in [0.1, 0.15) is 25.7 Å². The van der Waals surface area contributed by atoms with E-state index in [0.717, 1.165) is 51.0 Å². The number of rotatable bonds is 3. The van der Waals surface area contributed by atoms with Gasteiger partial charge in [-0.15, -0.1) is 0 Å². The third-order valence-electron chi connectivity index (χ3n) is 4.91. The first-order chi connectivity index (χ1) is 8.83. The molecule has 1 N–H and O–H groups in total. The zero-order valence-corrected chi connectivity index (χ0v) is 11.2. The molecule has 3 fully saturated rings. The van der Waals surface area contributed by atoms with Crippen LogP contribution >= 0.6 is 0 Å². The Bertz CT molecular complexity index is 289. The molecule has 2 saturated heterocycles. The van der Waals surface area contributed by atoms with E-state index in [0.29, 0.717) is 5.91 Å². The van der Waals surface area contributed by atoms with Crippen LogP contribution in [0.2, 0.25) is 0 Å². The fourth-order valence-electron chi connectivity index (χ4n) is 3.84. The molecule has 1 amide bonds. The summed E-state index contributed by atoms with van der Waals surface area (Å²) in [5.41, 5.74) is 0. The molecule has 0 aromatic carbocycles. The number of nitrogens with one attached hydrogen (secondary N) is 1. The predicted molar refractivity (Wildman–Crippen MR) is 71.3 cm³/mol. The summed E-state index contributed by atoms with van der Waals surface area (Å²) in [5.74, 6) is 2.24. The van der Waals surface area contributed by atoms with Crippen LogP contribution in [0, 0.1) is 11.8 Å². The van der Waals surface area contributed by atoms with Crippen molar-refractivity contribution in [2.45, 2.75) is 25.7 Å². The van der Waals surface area contributed by atoms with Gasteiger partial charge in [0.1, 0.15) is 0 Å². The molecule has 4 heteroatoms. The summed E-state index contributed by atoms with van der Waals surface area (Å²) < 4.78 is 0. The van der Waals surface area contributed by atoms with Crippen molar-refractivity contribution in [1.82, 2.24) is 15.1 Å². The molecule has 0 bridgehead atoms. The first kappa shape index (κ1) is 12.4. The van der Waals surface area contributed by atoms with Crippen molar-refractivity contribution >= 4 is 5.91 Å². The fraction of sp³-hybridized carbons (Fsp3) is 0.929. The van der Waals surface area contributed by atoms with Gasteiger partial charge >= 0.3 is 0 Å². The van der Waals surface area contributed by atoms with Crippen LogP contribution in [0.25, 0.3) is 0 Å². The topological polar surface area (TPSA) is 35.6 Å². The number of amides is 1. The minimum Gasteiger partial charge on any atom is -0.340 e. The molecule has 4 nitrogen and oxygen atoms in total. The zero-order valence-electron chi connectivity index (χ0n) is 11.2. The zero-order chi connectivity index (χ0) is 12.4. The van der Waals surface area contributed by atoms with Crippen LogP contribution in [-0.4, -0.2) is 61.5 Å². The highest BCUT2D eigenvalue weighted by Gasteiger charge is 2.35. The number of likely N-dealkylation sites (tertiary alicyclic amines) is 1. The summed E-state index contributed by atoms with van der Waals surface area (Å²) in [6, 6.07) is 0. The Kier molecular flexibility index (Phi) is 3.85. The summed E-state index contributed by atoms with van der Waals surface area (Å²) in [4.78, 5) is 16.6. The average molecular weight is 251 g/mol. The number of carbonyl (C=O) groups excluding carboxylic acids is 1. The summed E-state index contributed by atoms with van der Waals surface area (Å²) >= 11 is 0. The maximum atomic E-state index is 12.1. The minimum absolute atomic E-state index is 0.355. The highest BCUT2D eigenvalue weighted by atomic mass is 16.2. The number of fused-ring (bicyclic) bond motifs is 1. The molecule has 102 valence electrons. The van der Waals surface area contributed by atoms with Crippen LogP contribution in [0.15, 0.2) is 0 Å². The molecule has 0 aromatic heterocycles. The van der Waals surface area contributed by atoms with Crippen molar-refractivity contribution < 1.29 is 4.79 Å². The Labute approximate surface area is 110 Å². The summed E-state index contributed by atoms with van der Waals surface area (Å²) in [6.07, 6.45) is 5.00. The average Bonchev–Trinajstić information content (AvgIpc) is 2.97. The van der Waals surface area contributed by atoms with Crippen LogP contribution in [0.4, 0.5) is 0 Å². The lowest BCUT2D eigenvalue weighted by Crippen LogP contribution is -2.47. The SMILES string of the molecule is O=C(CCN1CC2CCCC2C1)N1CCNCC1. The Morgan fingerprint density at radius 2 is 1.78 bits per heavy atom. The van der Waals surface area contributed by atoms with Gasteiger partial charge in [-0.1, -0.05) is 6.42 Å². The van der Waals surface area contributed by atoms with E-state index in [4.69, 9.17) is 0 Å². The lowest BCUT2D eigenvalue weighted by Gasteiger charge is -2.28. The molecular formula is C14H25N3O. The Hall–Kier alpha value is -0.610. The second-order valence-corrected chi connectivity index (χ2v) is 6.09. The molecule has 2 unspecified atom stereocenters. The lowest BCUT2D eigenvalue weighted by atomic mass is 10.0. The second-order valence-electron chi connectivity index (χ2n) is 6.09. The third-order valence-corrected chi connectivity index (χ3v) is 4.91. The monoisotopic (exact) mass is 251 g/mol. The normalized spacial score (nSPS) is 32.8. The van der Waals surface area contributed by atoms with Crippen molar-refractivity contribution in [1.29, 1.82) is 0 Å². The molecule has 18 heavy (non-hydrogen) atoms. The van der Waals surface area contributed by atoms with Crippen LogP contribution in [-0.2, 0) is 4.79 Å². The molecule has 0 spiro atoms.